The summed E-state index contributed by atoms with van der Waals surface area (Å²) in [6.45, 7) is 9.08. The van der Waals surface area contributed by atoms with Gasteiger partial charge in [-0.2, -0.15) is 0 Å². The van der Waals surface area contributed by atoms with Crippen LogP contribution in [0, 0.1) is 5.41 Å². The number of carbonyl (C=O) groups is 1. The minimum atomic E-state index is -0.202. The Labute approximate surface area is 86.4 Å². The first-order valence-corrected chi connectivity index (χ1v) is 5.45. The molecule has 0 aliphatic carbocycles. The lowest BCUT2D eigenvalue weighted by Gasteiger charge is -2.34. The quantitative estimate of drug-likeness (QED) is 0.692. The van der Waals surface area contributed by atoms with Crippen LogP contribution in [-0.4, -0.2) is 37.1 Å². The molecule has 3 heteroatoms. The second kappa shape index (κ2) is 4.78. The number of carbonyl (C=O) groups excluding carboxylic acids is 1. The van der Waals surface area contributed by atoms with Gasteiger partial charge in [0.05, 0.1) is 13.2 Å². The molecule has 0 aromatic heterocycles. The third-order valence-electron chi connectivity index (χ3n) is 2.75. The molecule has 1 saturated heterocycles. The third kappa shape index (κ3) is 2.71. The molecule has 0 bridgehead atoms. The standard InChI is InChI=1S/C11H21NO2/c1-4-5-11(2,3)10(13)12-6-8-14-9-7-12/h4-9H2,1-3H3. The van der Waals surface area contributed by atoms with Crippen LogP contribution in [0.1, 0.15) is 33.6 Å². The van der Waals surface area contributed by atoms with Crippen LogP contribution in [0.3, 0.4) is 0 Å². The van der Waals surface area contributed by atoms with E-state index in [2.05, 4.69) is 6.92 Å². The third-order valence-corrected chi connectivity index (χ3v) is 2.75. The molecule has 3 nitrogen and oxygen atoms in total. The first kappa shape index (κ1) is 11.5. The highest BCUT2D eigenvalue weighted by atomic mass is 16.5. The van der Waals surface area contributed by atoms with Gasteiger partial charge in [0.1, 0.15) is 0 Å². The summed E-state index contributed by atoms with van der Waals surface area (Å²) in [4.78, 5) is 14.0. The average Bonchev–Trinajstić information content (AvgIpc) is 2.18. The van der Waals surface area contributed by atoms with E-state index in [1.807, 2.05) is 18.7 Å². The lowest BCUT2D eigenvalue weighted by molar-refractivity contribution is -0.144. The van der Waals surface area contributed by atoms with E-state index in [1.165, 1.54) is 0 Å². The van der Waals surface area contributed by atoms with Gasteiger partial charge in [0.25, 0.3) is 0 Å². The number of ether oxygens (including phenoxy) is 1. The fourth-order valence-corrected chi connectivity index (χ4v) is 1.93. The van der Waals surface area contributed by atoms with Crippen molar-refractivity contribution < 1.29 is 9.53 Å². The fraction of sp³-hybridized carbons (Fsp3) is 0.909. The minimum Gasteiger partial charge on any atom is -0.378 e. The maximum atomic E-state index is 12.1. The van der Waals surface area contributed by atoms with E-state index in [0.29, 0.717) is 13.2 Å². The second-order valence-electron chi connectivity index (χ2n) is 4.54. The molecule has 1 fully saturated rings. The largest absolute Gasteiger partial charge is 0.378 e. The first-order chi connectivity index (χ1) is 6.58. The Morgan fingerprint density at radius 1 is 1.36 bits per heavy atom. The van der Waals surface area contributed by atoms with Gasteiger partial charge in [-0.3, -0.25) is 4.79 Å². The molecule has 0 aromatic carbocycles. The second-order valence-corrected chi connectivity index (χ2v) is 4.54. The zero-order chi connectivity index (χ0) is 10.6. The number of amides is 1. The predicted octanol–water partition coefficient (Wildman–Crippen LogP) is 1.67. The number of nitrogens with zero attached hydrogens (tertiary/aromatic N) is 1. The predicted molar refractivity (Wildman–Crippen MR) is 56.1 cm³/mol. The number of hydrogen-bond donors (Lipinski definition) is 0. The van der Waals surface area contributed by atoms with E-state index in [4.69, 9.17) is 4.74 Å². The number of rotatable bonds is 3. The highest BCUT2D eigenvalue weighted by Crippen LogP contribution is 2.25. The summed E-state index contributed by atoms with van der Waals surface area (Å²) in [6.07, 6.45) is 2.02. The van der Waals surface area contributed by atoms with E-state index in [0.717, 1.165) is 25.9 Å². The van der Waals surface area contributed by atoms with Gasteiger partial charge in [0.2, 0.25) is 5.91 Å². The summed E-state index contributed by atoms with van der Waals surface area (Å²) >= 11 is 0. The number of hydrogen-bond acceptors (Lipinski definition) is 2. The molecular weight excluding hydrogens is 178 g/mol. The maximum absolute atomic E-state index is 12.1. The van der Waals surface area contributed by atoms with Gasteiger partial charge < -0.3 is 9.64 Å². The average molecular weight is 199 g/mol. The molecule has 0 unspecified atom stereocenters. The van der Waals surface area contributed by atoms with E-state index >= 15 is 0 Å². The van der Waals surface area contributed by atoms with Crippen LogP contribution >= 0.6 is 0 Å². The smallest absolute Gasteiger partial charge is 0.228 e. The molecule has 1 aliphatic heterocycles. The van der Waals surface area contributed by atoms with Crippen molar-refractivity contribution >= 4 is 5.91 Å². The Hall–Kier alpha value is -0.570. The van der Waals surface area contributed by atoms with E-state index in [1.54, 1.807) is 0 Å². The van der Waals surface area contributed by atoms with Crippen molar-refractivity contribution in [2.24, 2.45) is 5.41 Å². The van der Waals surface area contributed by atoms with E-state index in [-0.39, 0.29) is 11.3 Å². The van der Waals surface area contributed by atoms with Crippen molar-refractivity contribution in [1.29, 1.82) is 0 Å². The normalized spacial score (nSPS) is 18.4. The minimum absolute atomic E-state index is 0.202. The van der Waals surface area contributed by atoms with E-state index in [9.17, 15) is 4.79 Å². The fourth-order valence-electron chi connectivity index (χ4n) is 1.93. The van der Waals surface area contributed by atoms with Gasteiger partial charge in [-0.25, -0.2) is 0 Å². The van der Waals surface area contributed by atoms with Crippen molar-refractivity contribution in [3.8, 4) is 0 Å². The summed E-state index contributed by atoms with van der Waals surface area (Å²) < 4.78 is 5.23. The zero-order valence-corrected chi connectivity index (χ0v) is 9.51. The highest BCUT2D eigenvalue weighted by Gasteiger charge is 2.31. The van der Waals surface area contributed by atoms with Gasteiger partial charge in [0, 0.05) is 18.5 Å². The lowest BCUT2D eigenvalue weighted by atomic mass is 9.86. The molecule has 82 valence electrons. The Kier molecular flexibility index (Phi) is 3.93. The van der Waals surface area contributed by atoms with Crippen LogP contribution in [0.4, 0.5) is 0 Å². The van der Waals surface area contributed by atoms with Gasteiger partial charge in [-0.1, -0.05) is 27.2 Å². The van der Waals surface area contributed by atoms with Crippen molar-refractivity contribution in [3.63, 3.8) is 0 Å². The summed E-state index contributed by atoms with van der Waals surface area (Å²) in [5.41, 5.74) is -0.202. The first-order valence-electron chi connectivity index (χ1n) is 5.45. The summed E-state index contributed by atoms with van der Waals surface area (Å²) in [5.74, 6) is 0.280. The highest BCUT2D eigenvalue weighted by molar-refractivity contribution is 5.82. The van der Waals surface area contributed by atoms with Gasteiger partial charge in [-0.05, 0) is 6.42 Å². The van der Waals surface area contributed by atoms with Gasteiger partial charge in [-0.15, -0.1) is 0 Å². The summed E-state index contributed by atoms with van der Waals surface area (Å²) in [6, 6.07) is 0. The molecule has 0 N–H and O–H groups in total. The van der Waals surface area contributed by atoms with Gasteiger partial charge in [0.15, 0.2) is 0 Å². The Balaban J connectivity index is 2.53. The molecule has 1 heterocycles. The van der Waals surface area contributed by atoms with Crippen molar-refractivity contribution in [2.75, 3.05) is 26.3 Å². The maximum Gasteiger partial charge on any atom is 0.228 e. The zero-order valence-electron chi connectivity index (χ0n) is 9.51. The Bertz CT molecular complexity index is 195. The molecule has 0 radical (unpaired) electrons. The molecule has 0 spiro atoms. The molecule has 1 rings (SSSR count). The van der Waals surface area contributed by atoms with Crippen LogP contribution in [-0.2, 0) is 9.53 Å². The van der Waals surface area contributed by atoms with Crippen LogP contribution in [0.25, 0.3) is 0 Å². The summed E-state index contributed by atoms with van der Waals surface area (Å²) in [7, 11) is 0. The molecular formula is C11H21NO2. The van der Waals surface area contributed by atoms with Crippen LogP contribution in [0.15, 0.2) is 0 Å². The molecule has 14 heavy (non-hydrogen) atoms. The molecule has 0 saturated carbocycles. The summed E-state index contributed by atoms with van der Waals surface area (Å²) in [5, 5.41) is 0. The lowest BCUT2D eigenvalue weighted by Crippen LogP contribution is -2.46. The van der Waals surface area contributed by atoms with Gasteiger partial charge >= 0.3 is 0 Å². The monoisotopic (exact) mass is 199 g/mol. The Morgan fingerprint density at radius 2 is 1.93 bits per heavy atom. The molecule has 1 amide bonds. The number of morpholine rings is 1. The van der Waals surface area contributed by atoms with Crippen LogP contribution in [0.2, 0.25) is 0 Å². The van der Waals surface area contributed by atoms with Crippen molar-refractivity contribution in [1.82, 2.24) is 4.90 Å². The van der Waals surface area contributed by atoms with Crippen LogP contribution in [0.5, 0.6) is 0 Å². The van der Waals surface area contributed by atoms with E-state index < -0.39 is 0 Å². The van der Waals surface area contributed by atoms with Crippen molar-refractivity contribution in [3.05, 3.63) is 0 Å². The molecule has 0 aromatic rings. The molecule has 0 atom stereocenters. The van der Waals surface area contributed by atoms with Crippen molar-refractivity contribution in [2.45, 2.75) is 33.6 Å². The molecule has 1 aliphatic rings. The topological polar surface area (TPSA) is 29.5 Å². The van der Waals surface area contributed by atoms with Crippen LogP contribution < -0.4 is 0 Å². The Morgan fingerprint density at radius 3 is 2.43 bits per heavy atom. The SMILES string of the molecule is CCCC(C)(C)C(=O)N1CCOCC1.